The standard InChI is InChI=1S/C17H23N5O2/c1-20-6-8-21(9-7-20)14-10-22(11-15(14)23)17(24)16-12-4-2-3-5-13(12)18-19-16/h2-5,14-15,23H,6-11H2,1H3,(H,18,19)/t14-,15-/m1/s1. The third-order valence-electron chi connectivity index (χ3n) is 5.23. The molecule has 2 atom stereocenters. The van der Waals surface area contributed by atoms with Crippen LogP contribution in [0.3, 0.4) is 0 Å². The number of fused-ring (bicyclic) bond motifs is 1. The number of carbonyl (C=O) groups is 1. The molecular formula is C17H23N5O2. The lowest BCUT2D eigenvalue weighted by Gasteiger charge is -2.37. The summed E-state index contributed by atoms with van der Waals surface area (Å²) >= 11 is 0. The molecule has 2 aromatic rings. The molecular weight excluding hydrogens is 306 g/mol. The molecule has 3 heterocycles. The van der Waals surface area contributed by atoms with E-state index < -0.39 is 6.10 Å². The minimum atomic E-state index is -0.498. The Balaban J connectivity index is 1.50. The molecule has 2 N–H and O–H groups in total. The van der Waals surface area contributed by atoms with Crippen LogP contribution in [0, 0.1) is 0 Å². The molecule has 0 radical (unpaired) electrons. The van der Waals surface area contributed by atoms with Crippen LogP contribution in [0.5, 0.6) is 0 Å². The summed E-state index contributed by atoms with van der Waals surface area (Å²) in [6, 6.07) is 7.65. The maximum absolute atomic E-state index is 12.9. The Bertz CT molecular complexity index is 737. The lowest BCUT2D eigenvalue weighted by atomic mass is 10.1. The number of likely N-dealkylation sites (N-methyl/N-ethyl adjacent to an activating group) is 1. The Labute approximate surface area is 140 Å². The van der Waals surface area contributed by atoms with Gasteiger partial charge in [-0.15, -0.1) is 0 Å². The van der Waals surface area contributed by atoms with Crippen molar-refractivity contribution in [3.05, 3.63) is 30.0 Å². The molecule has 2 fully saturated rings. The van der Waals surface area contributed by atoms with Crippen LogP contribution in [0.15, 0.2) is 24.3 Å². The van der Waals surface area contributed by atoms with Crippen molar-refractivity contribution in [2.45, 2.75) is 12.1 Å². The number of carbonyl (C=O) groups excluding carboxylic acids is 1. The van der Waals surface area contributed by atoms with Crippen molar-refractivity contribution in [2.75, 3.05) is 46.3 Å². The van der Waals surface area contributed by atoms with E-state index in [4.69, 9.17) is 0 Å². The molecule has 2 saturated heterocycles. The molecule has 1 aromatic heterocycles. The van der Waals surface area contributed by atoms with E-state index in [0.29, 0.717) is 18.8 Å². The molecule has 0 spiro atoms. The number of hydrogen-bond donors (Lipinski definition) is 2. The van der Waals surface area contributed by atoms with Crippen molar-refractivity contribution in [3.63, 3.8) is 0 Å². The van der Waals surface area contributed by atoms with E-state index in [9.17, 15) is 9.90 Å². The van der Waals surface area contributed by atoms with E-state index >= 15 is 0 Å². The summed E-state index contributed by atoms with van der Waals surface area (Å²) in [5.74, 6) is -0.108. The van der Waals surface area contributed by atoms with Crippen LogP contribution in [-0.4, -0.2) is 94.4 Å². The van der Waals surface area contributed by atoms with E-state index in [1.165, 1.54) is 0 Å². The fourth-order valence-corrected chi connectivity index (χ4v) is 3.72. The molecule has 1 aromatic carbocycles. The number of likely N-dealkylation sites (tertiary alicyclic amines) is 1. The van der Waals surface area contributed by atoms with Crippen LogP contribution < -0.4 is 0 Å². The molecule has 2 aliphatic rings. The molecule has 0 saturated carbocycles. The summed E-state index contributed by atoms with van der Waals surface area (Å²) in [6.07, 6.45) is -0.498. The maximum atomic E-state index is 12.9. The first-order valence-electron chi connectivity index (χ1n) is 8.46. The zero-order valence-electron chi connectivity index (χ0n) is 13.9. The van der Waals surface area contributed by atoms with Crippen molar-refractivity contribution in [1.82, 2.24) is 24.9 Å². The predicted octanol–water partition coefficient (Wildman–Crippen LogP) is -0.00440. The van der Waals surface area contributed by atoms with Gasteiger partial charge >= 0.3 is 0 Å². The fraction of sp³-hybridized carbons (Fsp3) is 0.529. The van der Waals surface area contributed by atoms with Gasteiger partial charge in [0.2, 0.25) is 0 Å². The van der Waals surface area contributed by atoms with E-state index in [1.54, 1.807) is 4.90 Å². The second-order valence-electron chi connectivity index (χ2n) is 6.80. The van der Waals surface area contributed by atoms with Crippen LogP contribution in [0.4, 0.5) is 0 Å². The van der Waals surface area contributed by atoms with Gasteiger partial charge in [-0.1, -0.05) is 18.2 Å². The summed E-state index contributed by atoms with van der Waals surface area (Å²) < 4.78 is 0. The summed E-state index contributed by atoms with van der Waals surface area (Å²) in [6.45, 7) is 4.81. The molecule has 1 amide bonds. The molecule has 0 bridgehead atoms. The molecule has 4 rings (SSSR count). The van der Waals surface area contributed by atoms with Gasteiger partial charge in [0, 0.05) is 44.7 Å². The molecule has 7 heteroatoms. The minimum Gasteiger partial charge on any atom is -0.390 e. The van der Waals surface area contributed by atoms with Crippen molar-refractivity contribution >= 4 is 16.8 Å². The van der Waals surface area contributed by atoms with Crippen LogP contribution in [0.25, 0.3) is 10.9 Å². The molecule has 0 unspecified atom stereocenters. The van der Waals surface area contributed by atoms with Crippen molar-refractivity contribution < 1.29 is 9.90 Å². The van der Waals surface area contributed by atoms with E-state index in [2.05, 4.69) is 27.0 Å². The lowest BCUT2D eigenvalue weighted by Crippen LogP contribution is -2.52. The number of rotatable bonds is 2. The quantitative estimate of drug-likeness (QED) is 0.811. The number of aromatic amines is 1. The third-order valence-corrected chi connectivity index (χ3v) is 5.23. The Hall–Kier alpha value is -1.96. The van der Waals surface area contributed by atoms with Gasteiger partial charge in [-0.25, -0.2) is 0 Å². The first-order valence-corrected chi connectivity index (χ1v) is 8.46. The largest absolute Gasteiger partial charge is 0.390 e. The molecule has 0 aliphatic carbocycles. The van der Waals surface area contributed by atoms with Crippen LogP contribution >= 0.6 is 0 Å². The van der Waals surface area contributed by atoms with Gasteiger partial charge in [0.15, 0.2) is 5.69 Å². The number of nitrogens with zero attached hydrogens (tertiary/aromatic N) is 4. The highest BCUT2D eigenvalue weighted by Gasteiger charge is 2.39. The van der Waals surface area contributed by atoms with E-state index in [-0.39, 0.29) is 11.9 Å². The number of benzene rings is 1. The number of amides is 1. The second-order valence-corrected chi connectivity index (χ2v) is 6.80. The van der Waals surface area contributed by atoms with Gasteiger partial charge in [0.25, 0.3) is 5.91 Å². The number of nitrogens with one attached hydrogen (secondary N) is 1. The average Bonchev–Trinajstić information content (AvgIpc) is 3.19. The molecule has 24 heavy (non-hydrogen) atoms. The predicted molar refractivity (Wildman–Crippen MR) is 90.9 cm³/mol. The molecule has 2 aliphatic heterocycles. The Morgan fingerprint density at radius 2 is 1.96 bits per heavy atom. The van der Waals surface area contributed by atoms with E-state index in [1.807, 2.05) is 24.3 Å². The smallest absolute Gasteiger partial charge is 0.275 e. The number of piperazine rings is 1. The first kappa shape index (κ1) is 15.6. The number of aliphatic hydroxyl groups excluding tert-OH is 1. The minimum absolute atomic E-state index is 0.0212. The summed E-state index contributed by atoms with van der Waals surface area (Å²) in [4.78, 5) is 19.2. The number of aromatic nitrogens is 2. The topological polar surface area (TPSA) is 75.7 Å². The van der Waals surface area contributed by atoms with Crippen molar-refractivity contribution in [3.8, 4) is 0 Å². The fourth-order valence-electron chi connectivity index (χ4n) is 3.72. The highest BCUT2D eigenvalue weighted by Crippen LogP contribution is 2.22. The highest BCUT2D eigenvalue weighted by atomic mass is 16.3. The van der Waals surface area contributed by atoms with Gasteiger partial charge in [0.05, 0.1) is 17.7 Å². The van der Waals surface area contributed by atoms with Crippen molar-refractivity contribution in [2.24, 2.45) is 0 Å². The first-order chi connectivity index (χ1) is 11.6. The van der Waals surface area contributed by atoms with Gasteiger partial charge in [-0.3, -0.25) is 14.8 Å². The van der Waals surface area contributed by atoms with Crippen molar-refractivity contribution in [1.29, 1.82) is 0 Å². The van der Waals surface area contributed by atoms with Crippen LogP contribution in [0.1, 0.15) is 10.5 Å². The molecule has 128 valence electrons. The zero-order valence-corrected chi connectivity index (χ0v) is 13.9. The van der Waals surface area contributed by atoms with Crippen LogP contribution in [0.2, 0.25) is 0 Å². The van der Waals surface area contributed by atoms with Gasteiger partial charge in [0.1, 0.15) is 0 Å². The van der Waals surface area contributed by atoms with Gasteiger partial charge in [-0.05, 0) is 13.1 Å². The van der Waals surface area contributed by atoms with Crippen LogP contribution in [-0.2, 0) is 0 Å². The highest BCUT2D eigenvalue weighted by molar-refractivity contribution is 6.04. The molecule has 7 nitrogen and oxygen atoms in total. The number of β-amino-alcohol motifs (C(OH)–C–C–N with tert-alkyl or cyclic N) is 1. The SMILES string of the molecule is CN1CCN([C@@H]2CN(C(=O)c3n[nH]c4ccccc34)C[C@H]2O)CC1. The third kappa shape index (κ3) is 2.68. The average molecular weight is 329 g/mol. The van der Waals surface area contributed by atoms with E-state index in [0.717, 1.165) is 37.1 Å². The van der Waals surface area contributed by atoms with Gasteiger partial charge < -0.3 is 14.9 Å². The Morgan fingerprint density at radius 3 is 2.75 bits per heavy atom. The lowest BCUT2D eigenvalue weighted by molar-refractivity contribution is 0.0512. The number of H-pyrrole nitrogens is 1. The monoisotopic (exact) mass is 329 g/mol. The number of para-hydroxylation sites is 1. The number of hydrogen-bond acceptors (Lipinski definition) is 5. The normalized spacial score (nSPS) is 26.3. The summed E-state index contributed by atoms with van der Waals surface area (Å²) in [5.41, 5.74) is 1.30. The Kier molecular flexibility index (Phi) is 3.99. The maximum Gasteiger partial charge on any atom is 0.275 e. The number of aliphatic hydroxyl groups is 1. The Morgan fingerprint density at radius 1 is 1.21 bits per heavy atom. The zero-order chi connectivity index (χ0) is 16.7. The summed E-state index contributed by atoms with van der Waals surface area (Å²) in [5, 5.41) is 18.4. The summed E-state index contributed by atoms with van der Waals surface area (Å²) in [7, 11) is 2.11. The van der Waals surface area contributed by atoms with Gasteiger partial charge in [-0.2, -0.15) is 5.10 Å². The second kappa shape index (κ2) is 6.16.